The van der Waals surface area contributed by atoms with Crippen LogP contribution in [-0.2, 0) is 12.8 Å². The smallest absolute Gasteiger partial charge is 0.279 e. The maximum Gasteiger partial charge on any atom is 0.279 e. The number of nitrogens with one attached hydrogen (secondary N) is 2. The molecule has 0 atom stereocenters. The first-order valence-corrected chi connectivity index (χ1v) is 6.87. The minimum atomic E-state index is -0.0572. The molecule has 0 bridgehead atoms. The van der Waals surface area contributed by atoms with Crippen molar-refractivity contribution in [1.82, 2.24) is 5.43 Å². The van der Waals surface area contributed by atoms with Crippen molar-refractivity contribution in [2.75, 3.05) is 5.43 Å². The second kappa shape index (κ2) is 4.82. The number of fused-ring (bicyclic) bond motifs is 1. The molecule has 2 aromatic rings. The van der Waals surface area contributed by atoms with Crippen molar-refractivity contribution in [3.8, 4) is 0 Å². The van der Waals surface area contributed by atoms with Gasteiger partial charge in [-0.1, -0.05) is 18.2 Å². The second-order valence-corrected chi connectivity index (χ2v) is 5.49. The number of anilines is 1. The van der Waals surface area contributed by atoms with Gasteiger partial charge in [0.2, 0.25) is 0 Å². The molecule has 0 fully saturated rings. The highest BCUT2D eigenvalue weighted by molar-refractivity contribution is 7.14. The van der Waals surface area contributed by atoms with Crippen molar-refractivity contribution in [3.05, 3.63) is 51.7 Å². The molecule has 0 spiro atoms. The van der Waals surface area contributed by atoms with Crippen molar-refractivity contribution >= 4 is 22.9 Å². The monoisotopic (exact) mass is 258 g/mol. The quantitative estimate of drug-likeness (QED) is 0.831. The number of carbonyl (C=O) groups excluding carboxylic acids is 1. The van der Waals surface area contributed by atoms with Crippen LogP contribution in [0.25, 0.3) is 0 Å². The molecule has 1 heterocycles. The van der Waals surface area contributed by atoms with Crippen molar-refractivity contribution in [2.45, 2.75) is 19.3 Å². The van der Waals surface area contributed by atoms with Crippen LogP contribution in [0.15, 0.2) is 36.4 Å². The van der Waals surface area contributed by atoms with Crippen molar-refractivity contribution in [1.29, 1.82) is 0 Å². The molecule has 18 heavy (non-hydrogen) atoms. The lowest BCUT2D eigenvalue weighted by Gasteiger charge is -2.06. The number of hydrogen-bond donors (Lipinski definition) is 2. The van der Waals surface area contributed by atoms with Gasteiger partial charge in [-0.05, 0) is 43.0 Å². The molecule has 92 valence electrons. The molecular weight excluding hydrogens is 244 g/mol. The summed E-state index contributed by atoms with van der Waals surface area (Å²) in [5.41, 5.74) is 7.88. The molecule has 3 rings (SSSR count). The van der Waals surface area contributed by atoms with Crippen molar-refractivity contribution in [3.63, 3.8) is 0 Å². The Bertz CT molecular complexity index is 541. The topological polar surface area (TPSA) is 41.1 Å². The van der Waals surface area contributed by atoms with Crippen LogP contribution in [0.2, 0.25) is 0 Å². The van der Waals surface area contributed by atoms with Crippen molar-refractivity contribution < 1.29 is 4.79 Å². The fraction of sp³-hybridized carbons (Fsp3) is 0.214. The molecule has 0 radical (unpaired) electrons. The van der Waals surface area contributed by atoms with Gasteiger partial charge in [-0.2, -0.15) is 0 Å². The van der Waals surface area contributed by atoms with E-state index in [-0.39, 0.29) is 5.91 Å². The van der Waals surface area contributed by atoms with E-state index in [1.807, 2.05) is 36.4 Å². The molecule has 0 unspecified atom stereocenters. The number of rotatable bonds is 3. The maximum atomic E-state index is 12.0. The van der Waals surface area contributed by atoms with Crippen molar-refractivity contribution in [2.24, 2.45) is 0 Å². The Morgan fingerprint density at radius 2 is 2.00 bits per heavy atom. The number of thiophene rings is 1. The number of amides is 1. The average Bonchev–Trinajstić information content (AvgIpc) is 2.98. The summed E-state index contributed by atoms with van der Waals surface area (Å²) in [5.74, 6) is -0.0572. The minimum absolute atomic E-state index is 0.0572. The molecule has 1 aliphatic rings. The third-order valence-electron chi connectivity index (χ3n) is 3.06. The van der Waals surface area contributed by atoms with Gasteiger partial charge < -0.3 is 0 Å². The molecule has 0 aliphatic heterocycles. The van der Waals surface area contributed by atoms with Gasteiger partial charge >= 0.3 is 0 Å². The van der Waals surface area contributed by atoms with Gasteiger partial charge in [-0.3, -0.25) is 15.6 Å². The average molecular weight is 258 g/mol. The van der Waals surface area contributed by atoms with Gasteiger partial charge in [0.05, 0.1) is 10.6 Å². The van der Waals surface area contributed by atoms with Gasteiger partial charge in [0.15, 0.2) is 0 Å². The largest absolute Gasteiger partial charge is 0.298 e. The normalized spacial score (nSPS) is 13.1. The predicted molar refractivity (Wildman–Crippen MR) is 73.9 cm³/mol. The summed E-state index contributed by atoms with van der Waals surface area (Å²) in [6, 6.07) is 11.6. The third-order valence-corrected chi connectivity index (χ3v) is 4.30. The number of hydrazine groups is 1. The molecule has 1 aromatic heterocycles. The highest BCUT2D eigenvalue weighted by Crippen LogP contribution is 2.30. The van der Waals surface area contributed by atoms with Gasteiger partial charge in [0.25, 0.3) is 5.91 Å². The van der Waals surface area contributed by atoms with Crippen LogP contribution >= 0.6 is 11.3 Å². The zero-order valence-electron chi connectivity index (χ0n) is 9.90. The lowest BCUT2D eigenvalue weighted by Crippen LogP contribution is -2.28. The third kappa shape index (κ3) is 2.24. The SMILES string of the molecule is O=C(NNc1ccccc1)c1cc2c(s1)CCC2. The van der Waals surface area contributed by atoms with Gasteiger partial charge in [0, 0.05) is 4.88 Å². The maximum absolute atomic E-state index is 12.0. The van der Waals surface area contributed by atoms with E-state index in [2.05, 4.69) is 10.9 Å². The van der Waals surface area contributed by atoms with E-state index >= 15 is 0 Å². The Morgan fingerprint density at radius 3 is 2.78 bits per heavy atom. The highest BCUT2D eigenvalue weighted by Gasteiger charge is 2.18. The summed E-state index contributed by atoms with van der Waals surface area (Å²) in [6.07, 6.45) is 3.47. The predicted octanol–water partition coefficient (Wildman–Crippen LogP) is 2.99. The summed E-state index contributed by atoms with van der Waals surface area (Å²) >= 11 is 1.61. The first-order chi connectivity index (χ1) is 8.83. The first kappa shape index (κ1) is 11.3. The molecule has 1 amide bonds. The van der Waals surface area contributed by atoms with Crippen LogP contribution < -0.4 is 10.9 Å². The summed E-state index contributed by atoms with van der Waals surface area (Å²) in [6.45, 7) is 0. The fourth-order valence-corrected chi connectivity index (χ4v) is 3.30. The molecule has 1 aliphatic carbocycles. The van der Waals surface area contributed by atoms with E-state index in [0.717, 1.165) is 23.4 Å². The van der Waals surface area contributed by atoms with Crippen LogP contribution in [0.4, 0.5) is 5.69 Å². The van der Waals surface area contributed by atoms with E-state index in [1.165, 1.54) is 16.9 Å². The molecule has 0 saturated heterocycles. The summed E-state index contributed by atoms with van der Waals surface area (Å²) in [4.78, 5) is 14.1. The van der Waals surface area contributed by atoms with Crippen LogP contribution in [-0.4, -0.2) is 5.91 Å². The van der Waals surface area contributed by atoms with Crippen LogP contribution in [0, 0.1) is 0 Å². The lowest BCUT2D eigenvalue weighted by molar-refractivity contribution is 0.0966. The Kier molecular flexibility index (Phi) is 3.02. The summed E-state index contributed by atoms with van der Waals surface area (Å²) in [5, 5.41) is 0. The first-order valence-electron chi connectivity index (χ1n) is 6.06. The Labute approximate surface area is 110 Å². The Balaban J connectivity index is 1.64. The van der Waals surface area contributed by atoms with E-state index in [4.69, 9.17) is 0 Å². The minimum Gasteiger partial charge on any atom is -0.298 e. The van der Waals surface area contributed by atoms with E-state index in [1.54, 1.807) is 11.3 Å². The van der Waals surface area contributed by atoms with E-state index in [0.29, 0.717) is 0 Å². The number of benzene rings is 1. The summed E-state index contributed by atoms with van der Waals surface area (Å²) in [7, 11) is 0. The molecule has 4 heteroatoms. The zero-order valence-corrected chi connectivity index (χ0v) is 10.7. The Hall–Kier alpha value is -1.81. The van der Waals surface area contributed by atoms with E-state index < -0.39 is 0 Å². The lowest BCUT2D eigenvalue weighted by atomic mass is 10.2. The van der Waals surface area contributed by atoms with Gasteiger partial charge in [-0.25, -0.2) is 0 Å². The molecular formula is C14H14N2OS. The highest BCUT2D eigenvalue weighted by atomic mass is 32.1. The van der Waals surface area contributed by atoms with Crippen LogP contribution in [0.5, 0.6) is 0 Å². The van der Waals surface area contributed by atoms with Crippen LogP contribution in [0.3, 0.4) is 0 Å². The molecule has 0 saturated carbocycles. The number of carbonyl (C=O) groups is 1. The Morgan fingerprint density at radius 1 is 1.17 bits per heavy atom. The summed E-state index contributed by atoms with van der Waals surface area (Å²) < 4.78 is 0. The number of aryl methyl sites for hydroxylation is 2. The fourth-order valence-electron chi connectivity index (χ4n) is 2.15. The number of para-hydroxylation sites is 1. The molecule has 3 nitrogen and oxygen atoms in total. The van der Waals surface area contributed by atoms with Crippen LogP contribution in [0.1, 0.15) is 26.5 Å². The molecule has 1 aromatic carbocycles. The number of hydrogen-bond acceptors (Lipinski definition) is 3. The molecule has 2 N–H and O–H groups in total. The van der Waals surface area contributed by atoms with Gasteiger partial charge in [0.1, 0.15) is 0 Å². The van der Waals surface area contributed by atoms with E-state index in [9.17, 15) is 4.79 Å². The second-order valence-electron chi connectivity index (χ2n) is 4.36. The van der Waals surface area contributed by atoms with Gasteiger partial charge in [-0.15, -0.1) is 11.3 Å². The standard InChI is InChI=1S/C14H14N2OS/c17-14(16-15-11-6-2-1-3-7-11)13-9-10-5-4-8-12(10)18-13/h1-3,6-7,9,15H,4-5,8H2,(H,16,17). The zero-order chi connectivity index (χ0) is 12.4.